The van der Waals surface area contributed by atoms with E-state index in [4.69, 9.17) is 23.2 Å². The number of rotatable bonds is 5. The van der Waals surface area contributed by atoms with Crippen molar-refractivity contribution >= 4 is 29.1 Å². The van der Waals surface area contributed by atoms with Gasteiger partial charge >= 0.3 is 0 Å². The van der Waals surface area contributed by atoms with Crippen molar-refractivity contribution in [2.45, 2.75) is 13.3 Å². The lowest BCUT2D eigenvalue weighted by Crippen LogP contribution is -2.26. The van der Waals surface area contributed by atoms with Crippen molar-refractivity contribution in [1.29, 1.82) is 0 Å². The van der Waals surface area contributed by atoms with E-state index in [1.54, 1.807) is 11.6 Å². The van der Waals surface area contributed by atoms with Gasteiger partial charge in [0.1, 0.15) is 5.15 Å². The SMILES string of the molecule is Cc1nn(-c2ccccc2)c(Cl)c1C(=O)NCCc1cccc(Cl)c1. The van der Waals surface area contributed by atoms with Gasteiger partial charge < -0.3 is 5.32 Å². The molecule has 1 aromatic heterocycles. The number of nitrogens with one attached hydrogen (secondary N) is 1. The average Bonchev–Trinajstić information content (AvgIpc) is 2.90. The first-order valence-corrected chi connectivity index (χ1v) is 8.65. The minimum Gasteiger partial charge on any atom is -0.352 e. The second-order valence-corrected chi connectivity index (χ2v) is 6.43. The lowest BCUT2D eigenvalue weighted by atomic mass is 10.1. The van der Waals surface area contributed by atoms with Gasteiger partial charge in [0.2, 0.25) is 0 Å². The Hall–Kier alpha value is -2.30. The van der Waals surface area contributed by atoms with Gasteiger partial charge in [-0.05, 0) is 43.2 Å². The van der Waals surface area contributed by atoms with E-state index >= 15 is 0 Å². The number of halogens is 2. The number of benzene rings is 2. The van der Waals surface area contributed by atoms with Crippen LogP contribution in [0.4, 0.5) is 0 Å². The first kappa shape index (κ1) is 17.5. The van der Waals surface area contributed by atoms with Gasteiger partial charge in [-0.3, -0.25) is 4.79 Å². The van der Waals surface area contributed by atoms with Gasteiger partial charge in [0.15, 0.2) is 0 Å². The fourth-order valence-electron chi connectivity index (χ4n) is 2.60. The molecule has 2 aromatic carbocycles. The minimum atomic E-state index is -0.230. The van der Waals surface area contributed by atoms with Crippen LogP contribution in [0.2, 0.25) is 10.2 Å². The molecule has 0 bridgehead atoms. The van der Waals surface area contributed by atoms with Crippen LogP contribution < -0.4 is 5.32 Å². The number of hydrogen-bond acceptors (Lipinski definition) is 2. The van der Waals surface area contributed by atoms with Crippen molar-refractivity contribution in [2.75, 3.05) is 6.54 Å². The topological polar surface area (TPSA) is 46.9 Å². The van der Waals surface area contributed by atoms with E-state index in [9.17, 15) is 4.79 Å². The van der Waals surface area contributed by atoms with Crippen molar-refractivity contribution in [3.05, 3.63) is 81.6 Å². The van der Waals surface area contributed by atoms with Gasteiger partial charge in [-0.2, -0.15) is 5.10 Å². The standard InChI is InChI=1S/C19H17Cl2N3O/c1-13-17(18(21)24(23-13)16-8-3-2-4-9-16)19(25)22-11-10-14-6-5-7-15(20)12-14/h2-9,12H,10-11H2,1H3,(H,22,25). The summed E-state index contributed by atoms with van der Waals surface area (Å²) in [5, 5.41) is 8.28. The van der Waals surface area contributed by atoms with Crippen molar-refractivity contribution < 1.29 is 4.79 Å². The van der Waals surface area contributed by atoms with E-state index in [1.807, 2.05) is 54.6 Å². The summed E-state index contributed by atoms with van der Waals surface area (Å²) in [6.45, 7) is 2.27. The molecule has 0 atom stereocenters. The molecule has 1 heterocycles. The van der Waals surface area contributed by atoms with Gasteiger partial charge in [-0.1, -0.05) is 53.5 Å². The van der Waals surface area contributed by atoms with Crippen LogP contribution >= 0.6 is 23.2 Å². The number of amides is 1. The molecule has 4 nitrogen and oxygen atoms in total. The molecule has 0 aliphatic heterocycles. The van der Waals surface area contributed by atoms with Crippen LogP contribution in [0.5, 0.6) is 0 Å². The predicted molar refractivity (Wildman–Crippen MR) is 101 cm³/mol. The van der Waals surface area contributed by atoms with Gasteiger partial charge in [0.25, 0.3) is 5.91 Å². The lowest BCUT2D eigenvalue weighted by Gasteiger charge is -2.06. The van der Waals surface area contributed by atoms with Crippen LogP contribution in [0.3, 0.4) is 0 Å². The van der Waals surface area contributed by atoms with Crippen LogP contribution in [0.25, 0.3) is 5.69 Å². The van der Waals surface area contributed by atoms with Gasteiger partial charge in [0.05, 0.1) is 16.9 Å². The molecule has 0 unspecified atom stereocenters. The Morgan fingerprint density at radius 2 is 1.88 bits per heavy atom. The molecule has 0 aliphatic rings. The third-order valence-electron chi connectivity index (χ3n) is 3.82. The zero-order valence-electron chi connectivity index (χ0n) is 13.7. The quantitative estimate of drug-likeness (QED) is 0.717. The first-order valence-electron chi connectivity index (χ1n) is 7.89. The molecule has 0 spiro atoms. The van der Waals surface area contributed by atoms with Crippen molar-refractivity contribution in [3.8, 4) is 5.69 Å². The third-order valence-corrected chi connectivity index (χ3v) is 4.40. The summed E-state index contributed by atoms with van der Waals surface area (Å²) in [6, 6.07) is 17.1. The van der Waals surface area contributed by atoms with Crippen molar-refractivity contribution in [1.82, 2.24) is 15.1 Å². The van der Waals surface area contributed by atoms with Gasteiger partial charge in [-0.25, -0.2) is 4.68 Å². The minimum absolute atomic E-state index is 0.230. The fraction of sp³-hybridized carbons (Fsp3) is 0.158. The highest BCUT2D eigenvalue weighted by molar-refractivity contribution is 6.33. The largest absolute Gasteiger partial charge is 0.352 e. The molecule has 0 radical (unpaired) electrons. The van der Waals surface area contributed by atoms with E-state index in [1.165, 1.54) is 0 Å². The summed E-state index contributed by atoms with van der Waals surface area (Å²) in [5.41, 5.74) is 2.87. The highest BCUT2D eigenvalue weighted by Gasteiger charge is 2.20. The summed E-state index contributed by atoms with van der Waals surface area (Å²) in [7, 11) is 0. The summed E-state index contributed by atoms with van der Waals surface area (Å²) in [4.78, 5) is 12.5. The lowest BCUT2D eigenvalue weighted by molar-refractivity contribution is 0.0953. The Labute approximate surface area is 156 Å². The predicted octanol–water partition coefficient (Wildman–Crippen LogP) is 4.46. The summed E-state index contributed by atoms with van der Waals surface area (Å²) < 4.78 is 1.57. The fourth-order valence-corrected chi connectivity index (χ4v) is 3.17. The Morgan fingerprint density at radius 3 is 2.60 bits per heavy atom. The monoisotopic (exact) mass is 373 g/mol. The number of para-hydroxylation sites is 1. The molecule has 0 saturated heterocycles. The zero-order chi connectivity index (χ0) is 17.8. The van der Waals surface area contributed by atoms with E-state index in [0.717, 1.165) is 11.3 Å². The summed E-state index contributed by atoms with van der Waals surface area (Å²) >= 11 is 12.4. The highest BCUT2D eigenvalue weighted by atomic mass is 35.5. The molecule has 1 N–H and O–H groups in total. The van der Waals surface area contributed by atoms with E-state index in [0.29, 0.717) is 34.4 Å². The zero-order valence-corrected chi connectivity index (χ0v) is 15.2. The number of nitrogens with zero attached hydrogens (tertiary/aromatic N) is 2. The van der Waals surface area contributed by atoms with Crippen molar-refractivity contribution in [2.24, 2.45) is 0 Å². The maximum absolute atomic E-state index is 12.5. The molecule has 25 heavy (non-hydrogen) atoms. The number of carbonyl (C=O) groups excluding carboxylic acids is 1. The Balaban J connectivity index is 1.71. The van der Waals surface area contributed by atoms with E-state index < -0.39 is 0 Å². The normalized spacial score (nSPS) is 10.7. The molecule has 1 amide bonds. The van der Waals surface area contributed by atoms with Crippen LogP contribution in [0.1, 0.15) is 21.6 Å². The third kappa shape index (κ3) is 4.03. The van der Waals surface area contributed by atoms with E-state index in [2.05, 4.69) is 10.4 Å². The average molecular weight is 374 g/mol. The maximum Gasteiger partial charge on any atom is 0.256 e. The highest BCUT2D eigenvalue weighted by Crippen LogP contribution is 2.23. The van der Waals surface area contributed by atoms with E-state index in [-0.39, 0.29) is 5.91 Å². The Kier molecular flexibility index (Phi) is 5.41. The molecule has 128 valence electrons. The molecule has 3 aromatic rings. The molecule has 0 fully saturated rings. The number of aromatic nitrogens is 2. The number of carbonyl (C=O) groups is 1. The summed E-state index contributed by atoms with van der Waals surface area (Å²) in [5.74, 6) is -0.230. The Bertz CT molecular complexity index is 891. The molecule has 0 saturated carbocycles. The summed E-state index contributed by atoms with van der Waals surface area (Å²) in [6.07, 6.45) is 0.690. The number of aryl methyl sites for hydroxylation is 1. The molecule has 6 heteroatoms. The number of hydrogen-bond donors (Lipinski definition) is 1. The molecular formula is C19H17Cl2N3O. The molecule has 0 aliphatic carbocycles. The molecule has 3 rings (SSSR count). The Morgan fingerprint density at radius 1 is 1.12 bits per heavy atom. The van der Waals surface area contributed by atoms with Crippen LogP contribution in [0.15, 0.2) is 54.6 Å². The van der Waals surface area contributed by atoms with Crippen molar-refractivity contribution in [3.63, 3.8) is 0 Å². The smallest absolute Gasteiger partial charge is 0.256 e. The van der Waals surface area contributed by atoms with Crippen LogP contribution in [-0.2, 0) is 6.42 Å². The second-order valence-electron chi connectivity index (χ2n) is 5.63. The van der Waals surface area contributed by atoms with Crippen LogP contribution in [-0.4, -0.2) is 22.2 Å². The van der Waals surface area contributed by atoms with Crippen LogP contribution in [0, 0.1) is 6.92 Å². The second kappa shape index (κ2) is 7.72. The van der Waals surface area contributed by atoms with Gasteiger partial charge in [-0.15, -0.1) is 0 Å². The first-order chi connectivity index (χ1) is 12.1. The molecular weight excluding hydrogens is 357 g/mol. The van der Waals surface area contributed by atoms with Gasteiger partial charge in [0, 0.05) is 11.6 Å². The maximum atomic E-state index is 12.5.